The molecule has 7 nitrogen and oxygen atoms in total. The van der Waals surface area contributed by atoms with E-state index < -0.39 is 0 Å². The number of piperidine rings is 1. The van der Waals surface area contributed by atoms with E-state index in [4.69, 9.17) is 9.15 Å². The van der Waals surface area contributed by atoms with E-state index in [1.165, 1.54) is 0 Å². The zero-order valence-electron chi connectivity index (χ0n) is 19.4. The zero-order valence-corrected chi connectivity index (χ0v) is 19.4. The summed E-state index contributed by atoms with van der Waals surface area (Å²) in [6.07, 6.45) is 1.39. The van der Waals surface area contributed by atoms with Crippen LogP contribution in [0.5, 0.6) is 5.75 Å². The van der Waals surface area contributed by atoms with Gasteiger partial charge in [0.2, 0.25) is 5.76 Å². The SMILES string of the molecule is COc1ccc2c(-c3ccccc3)c(C(=O)N3CCC(n4c(=O)[nH]c5ccccc54)CC3)oc2c1. The first-order valence-corrected chi connectivity index (χ1v) is 11.8. The Morgan fingerprint density at radius 2 is 1.74 bits per heavy atom. The van der Waals surface area contributed by atoms with Crippen molar-refractivity contribution < 1.29 is 13.9 Å². The minimum absolute atomic E-state index is 0.0382. The first kappa shape index (κ1) is 21.3. The molecule has 5 aromatic rings. The number of furan rings is 1. The van der Waals surface area contributed by atoms with E-state index in [-0.39, 0.29) is 17.6 Å². The van der Waals surface area contributed by atoms with Gasteiger partial charge in [0.05, 0.1) is 18.1 Å². The third-order valence-corrected chi connectivity index (χ3v) is 6.89. The minimum Gasteiger partial charge on any atom is -0.497 e. The van der Waals surface area contributed by atoms with E-state index in [0.29, 0.717) is 43.0 Å². The Hall–Kier alpha value is -4.26. The van der Waals surface area contributed by atoms with Gasteiger partial charge in [0.25, 0.3) is 5.91 Å². The summed E-state index contributed by atoms with van der Waals surface area (Å²) in [5.74, 6) is 0.876. The van der Waals surface area contributed by atoms with Crippen molar-refractivity contribution in [3.63, 3.8) is 0 Å². The third-order valence-electron chi connectivity index (χ3n) is 6.89. The Bertz CT molecular complexity index is 1590. The van der Waals surface area contributed by atoms with E-state index in [1.54, 1.807) is 7.11 Å². The minimum atomic E-state index is -0.135. The van der Waals surface area contributed by atoms with Crippen LogP contribution in [-0.4, -0.2) is 40.6 Å². The largest absolute Gasteiger partial charge is 0.497 e. The zero-order chi connectivity index (χ0) is 23.9. The fourth-order valence-corrected chi connectivity index (χ4v) is 5.15. The fourth-order valence-electron chi connectivity index (χ4n) is 5.15. The van der Waals surface area contributed by atoms with E-state index >= 15 is 0 Å². The molecule has 0 bridgehead atoms. The second-order valence-electron chi connectivity index (χ2n) is 8.87. The average Bonchev–Trinajstić information content (AvgIpc) is 3.45. The highest BCUT2D eigenvalue weighted by Crippen LogP contribution is 2.38. The molecule has 1 aliphatic heterocycles. The molecule has 1 amide bonds. The van der Waals surface area contributed by atoms with Crippen LogP contribution in [-0.2, 0) is 0 Å². The number of rotatable bonds is 4. The molecule has 1 aliphatic rings. The van der Waals surface area contributed by atoms with Crippen molar-refractivity contribution in [2.24, 2.45) is 0 Å². The molecule has 1 fully saturated rings. The van der Waals surface area contributed by atoms with E-state index in [1.807, 2.05) is 82.3 Å². The number of benzene rings is 3. The summed E-state index contributed by atoms with van der Waals surface area (Å²) in [7, 11) is 1.61. The first-order chi connectivity index (χ1) is 17.1. The third kappa shape index (κ3) is 3.60. The molecule has 35 heavy (non-hydrogen) atoms. The predicted octanol–water partition coefficient (Wildman–Crippen LogP) is 5.23. The number of carbonyl (C=O) groups is 1. The van der Waals surface area contributed by atoms with Crippen LogP contribution in [0.3, 0.4) is 0 Å². The Morgan fingerprint density at radius 3 is 2.51 bits per heavy atom. The van der Waals surface area contributed by atoms with E-state index in [2.05, 4.69) is 4.98 Å². The summed E-state index contributed by atoms with van der Waals surface area (Å²) in [5.41, 5.74) is 3.98. The predicted molar refractivity (Wildman–Crippen MR) is 135 cm³/mol. The van der Waals surface area contributed by atoms with Crippen LogP contribution in [0.15, 0.2) is 82.0 Å². The number of amides is 1. The lowest BCUT2D eigenvalue weighted by molar-refractivity contribution is 0.0666. The molecule has 3 aromatic carbocycles. The first-order valence-electron chi connectivity index (χ1n) is 11.8. The molecule has 1 N–H and O–H groups in total. The number of imidazole rings is 1. The van der Waals surface area contributed by atoms with Crippen LogP contribution in [0.1, 0.15) is 29.4 Å². The summed E-state index contributed by atoms with van der Waals surface area (Å²) in [5, 5.41) is 0.876. The number of likely N-dealkylation sites (tertiary alicyclic amines) is 1. The van der Waals surface area contributed by atoms with Crippen molar-refractivity contribution >= 4 is 27.9 Å². The fraction of sp³-hybridized carbons (Fsp3) is 0.214. The molecule has 0 spiro atoms. The van der Waals surface area contributed by atoms with Gasteiger partial charge in [-0.2, -0.15) is 0 Å². The van der Waals surface area contributed by atoms with Crippen LogP contribution in [0.25, 0.3) is 33.1 Å². The molecular formula is C28H25N3O4. The van der Waals surface area contributed by atoms with Gasteiger partial charge < -0.3 is 19.0 Å². The Labute approximate surface area is 201 Å². The lowest BCUT2D eigenvalue weighted by atomic mass is 10.00. The van der Waals surface area contributed by atoms with Crippen molar-refractivity contribution in [1.29, 1.82) is 0 Å². The van der Waals surface area contributed by atoms with Gasteiger partial charge >= 0.3 is 5.69 Å². The van der Waals surface area contributed by atoms with Gasteiger partial charge in [-0.3, -0.25) is 9.36 Å². The number of ether oxygens (including phenoxy) is 1. The van der Waals surface area contributed by atoms with Gasteiger partial charge in [-0.1, -0.05) is 42.5 Å². The number of nitrogens with zero attached hydrogens (tertiary/aromatic N) is 2. The summed E-state index contributed by atoms with van der Waals surface area (Å²) < 4.78 is 13.3. The molecule has 0 aliphatic carbocycles. The van der Waals surface area contributed by atoms with Gasteiger partial charge in [0.1, 0.15) is 11.3 Å². The summed E-state index contributed by atoms with van der Waals surface area (Å²) in [4.78, 5) is 31.1. The van der Waals surface area contributed by atoms with Crippen LogP contribution in [0.2, 0.25) is 0 Å². The molecule has 0 saturated carbocycles. The van der Waals surface area contributed by atoms with Gasteiger partial charge in [0, 0.05) is 36.1 Å². The van der Waals surface area contributed by atoms with Crippen molar-refractivity contribution in [3.05, 3.63) is 89.0 Å². The molecule has 3 heterocycles. The smallest absolute Gasteiger partial charge is 0.326 e. The highest BCUT2D eigenvalue weighted by molar-refractivity contribution is 6.08. The highest BCUT2D eigenvalue weighted by Gasteiger charge is 2.31. The normalized spacial score (nSPS) is 14.6. The number of aromatic nitrogens is 2. The molecule has 176 valence electrons. The second kappa shape index (κ2) is 8.51. The van der Waals surface area contributed by atoms with Gasteiger partial charge in [-0.05, 0) is 42.7 Å². The Morgan fingerprint density at radius 1 is 1.00 bits per heavy atom. The number of H-pyrrole nitrogens is 1. The van der Waals surface area contributed by atoms with Crippen LogP contribution in [0, 0.1) is 0 Å². The van der Waals surface area contributed by atoms with Crippen molar-refractivity contribution in [2.45, 2.75) is 18.9 Å². The molecule has 0 unspecified atom stereocenters. The number of carbonyl (C=O) groups excluding carboxylic acids is 1. The molecular weight excluding hydrogens is 442 g/mol. The van der Waals surface area contributed by atoms with Crippen LogP contribution < -0.4 is 10.4 Å². The second-order valence-corrected chi connectivity index (χ2v) is 8.87. The number of para-hydroxylation sites is 2. The standard InChI is InChI=1S/C28H25N3O4/c1-34-20-11-12-21-24(17-20)35-26(25(21)18-7-3-2-4-8-18)27(32)30-15-13-19(14-16-30)31-23-10-6-5-9-22(23)29-28(31)33/h2-12,17,19H,13-16H2,1H3,(H,29,33). The Balaban J connectivity index is 1.32. The van der Waals surface area contributed by atoms with E-state index in [0.717, 1.165) is 27.5 Å². The summed E-state index contributed by atoms with van der Waals surface area (Å²) >= 11 is 0. The number of aromatic amines is 1. The summed E-state index contributed by atoms with van der Waals surface area (Å²) in [6.45, 7) is 1.09. The lowest BCUT2D eigenvalue weighted by Crippen LogP contribution is -2.40. The molecule has 0 radical (unpaired) electrons. The Kier molecular flexibility index (Phi) is 5.17. The maximum Gasteiger partial charge on any atom is 0.326 e. The van der Waals surface area contributed by atoms with Crippen molar-refractivity contribution in [2.75, 3.05) is 20.2 Å². The molecule has 1 saturated heterocycles. The molecule has 7 heteroatoms. The van der Waals surface area contributed by atoms with Crippen molar-refractivity contribution in [3.8, 4) is 16.9 Å². The maximum atomic E-state index is 13.7. The highest BCUT2D eigenvalue weighted by atomic mass is 16.5. The number of hydrogen-bond donors (Lipinski definition) is 1. The number of hydrogen-bond acceptors (Lipinski definition) is 4. The van der Waals surface area contributed by atoms with Gasteiger partial charge in [0.15, 0.2) is 0 Å². The van der Waals surface area contributed by atoms with E-state index in [9.17, 15) is 9.59 Å². The molecule has 2 aromatic heterocycles. The monoisotopic (exact) mass is 467 g/mol. The lowest BCUT2D eigenvalue weighted by Gasteiger charge is -2.32. The van der Waals surface area contributed by atoms with Crippen LogP contribution >= 0.6 is 0 Å². The molecule has 6 rings (SSSR count). The number of methoxy groups -OCH3 is 1. The van der Waals surface area contributed by atoms with Crippen LogP contribution in [0.4, 0.5) is 0 Å². The van der Waals surface area contributed by atoms with Gasteiger partial charge in [-0.25, -0.2) is 4.79 Å². The summed E-state index contributed by atoms with van der Waals surface area (Å²) in [6, 6.07) is 23.2. The topological polar surface area (TPSA) is 80.5 Å². The average molecular weight is 468 g/mol. The quantitative estimate of drug-likeness (QED) is 0.393. The number of nitrogens with one attached hydrogen (secondary N) is 1. The van der Waals surface area contributed by atoms with Crippen molar-refractivity contribution in [1.82, 2.24) is 14.5 Å². The van der Waals surface area contributed by atoms with Gasteiger partial charge in [-0.15, -0.1) is 0 Å². The maximum absolute atomic E-state index is 13.7. The molecule has 0 atom stereocenters. The number of fused-ring (bicyclic) bond motifs is 2.